The second kappa shape index (κ2) is 60.4. The second-order valence-corrected chi connectivity index (χ2v) is 17.0. The van der Waals surface area contributed by atoms with E-state index in [0.717, 1.165) is 51.4 Å². The van der Waals surface area contributed by atoms with Gasteiger partial charge in [-0.2, -0.15) is 0 Å². The first-order chi connectivity index (χ1) is 36.0. The molecule has 0 radical (unpaired) electrons. The first-order valence-corrected chi connectivity index (χ1v) is 27.6. The van der Waals surface area contributed by atoms with Crippen molar-refractivity contribution < 1.29 is 100 Å². The lowest BCUT2D eigenvalue weighted by Crippen LogP contribution is -2.39. The average Bonchev–Trinajstić information content (AvgIpc) is 3.39. The largest absolute Gasteiger partial charge is 0.379 e. The molecule has 0 saturated carbocycles. The Morgan fingerprint density at radius 1 is 0.192 bits per heavy atom. The van der Waals surface area contributed by atoms with Crippen LogP contribution in [0.5, 0.6) is 0 Å². The van der Waals surface area contributed by atoms with Crippen LogP contribution in [0.2, 0.25) is 0 Å². The first-order valence-electron chi connectivity index (χ1n) is 27.6. The smallest absolute Gasteiger partial charge is 0.143 e. The van der Waals surface area contributed by atoms with E-state index < -0.39 is 24.4 Å². The average molecular weight is 1070 g/mol. The number of rotatable bonds is 64. The van der Waals surface area contributed by atoms with Gasteiger partial charge < -0.3 is 71.1 Å². The quantitative estimate of drug-likeness (QED) is 0.0360. The van der Waals surface area contributed by atoms with E-state index in [2.05, 4.69) is 34.6 Å². The Hall–Kier alpha value is -0.840. The Morgan fingerprint density at radius 2 is 0.452 bits per heavy atom. The van der Waals surface area contributed by atoms with Gasteiger partial charge in [0.05, 0.1) is 159 Å². The number of hydrogen-bond acceptors (Lipinski definition) is 21. The molecule has 0 N–H and O–H groups in total. The van der Waals surface area contributed by atoms with Gasteiger partial charge in [0, 0.05) is 33.0 Å². The van der Waals surface area contributed by atoms with Gasteiger partial charge in [0.2, 0.25) is 0 Å². The summed E-state index contributed by atoms with van der Waals surface area (Å²) in [6, 6.07) is 0. The van der Waals surface area contributed by atoms with E-state index in [9.17, 15) is 0 Å². The van der Waals surface area contributed by atoms with Crippen molar-refractivity contribution in [3.05, 3.63) is 0 Å². The predicted molar refractivity (Wildman–Crippen MR) is 274 cm³/mol. The van der Waals surface area contributed by atoms with Crippen LogP contribution in [0.1, 0.15) is 107 Å². The van der Waals surface area contributed by atoms with Gasteiger partial charge in [0.15, 0.2) is 0 Å². The minimum Gasteiger partial charge on any atom is -0.379 e. The summed E-state index contributed by atoms with van der Waals surface area (Å²) in [5.41, 5.74) is 0. The topological polar surface area (TPSA) is 194 Å². The molecule has 0 aromatic rings. The monoisotopic (exact) mass is 1070 g/mol. The molecule has 5 unspecified atom stereocenters. The van der Waals surface area contributed by atoms with Crippen molar-refractivity contribution >= 4 is 0 Å². The summed E-state index contributed by atoms with van der Waals surface area (Å²) in [6.07, 6.45) is 3.89. The van der Waals surface area contributed by atoms with Gasteiger partial charge in [-0.3, -0.25) is 0 Å². The lowest BCUT2D eigenvalue weighted by molar-refractivity contribution is -0.371. The van der Waals surface area contributed by atoms with Crippen LogP contribution in [0.15, 0.2) is 0 Å². The van der Waals surface area contributed by atoms with Gasteiger partial charge in [0.25, 0.3) is 0 Å². The van der Waals surface area contributed by atoms with Crippen LogP contribution in [-0.4, -0.2) is 235 Å². The summed E-state index contributed by atoms with van der Waals surface area (Å²) in [6.45, 7) is 27.4. The second-order valence-electron chi connectivity index (χ2n) is 17.0. The van der Waals surface area contributed by atoms with Crippen molar-refractivity contribution in [2.24, 2.45) is 0 Å². The molecule has 0 aliphatic carbocycles. The van der Waals surface area contributed by atoms with E-state index in [1.54, 1.807) is 0 Å². The molecule has 440 valence electrons. The van der Waals surface area contributed by atoms with E-state index in [4.69, 9.17) is 100 Å². The molecule has 0 aromatic heterocycles. The molecule has 5 atom stereocenters. The summed E-state index contributed by atoms with van der Waals surface area (Å²) in [4.78, 5) is 32.9. The molecule has 0 amide bonds. The standard InChI is InChI=1S/C52H106O21/c1-9-17-53-25-28-58-35-47(65-33-31-56-20-12-4)37-61-39-49(40-62-38-48(66-34-32-57-21-13-5)36-59-29-26-54-18-10-2)71-50(42-64-45-52(73-69-24-16-8)46-70-67-22-14-6)41-63-44-51(72-68-23-15-7)43-60-30-27-55-19-11-3/h47-52H,9-46H2,1-8H3. The van der Waals surface area contributed by atoms with Crippen LogP contribution in [-0.2, 0) is 100 Å². The van der Waals surface area contributed by atoms with Crippen LogP contribution in [0.25, 0.3) is 0 Å². The fourth-order valence-corrected chi connectivity index (χ4v) is 5.84. The molecule has 0 rings (SSSR count). The van der Waals surface area contributed by atoms with Gasteiger partial charge in [-0.1, -0.05) is 55.4 Å². The highest BCUT2D eigenvalue weighted by Crippen LogP contribution is 2.10. The Morgan fingerprint density at radius 3 is 0.808 bits per heavy atom. The maximum atomic E-state index is 6.78. The van der Waals surface area contributed by atoms with Gasteiger partial charge in [-0.05, 0) is 51.4 Å². The summed E-state index contributed by atoms with van der Waals surface area (Å²) in [7, 11) is 0. The third kappa shape index (κ3) is 51.7. The van der Waals surface area contributed by atoms with Crippen LogP contribution < -0.4 is 0 Å². The maximum absolute atomic E-state index is 6.78. The van der Waals surface area contributed by atoms with Gasteiger partial charge in [0.1, 0.15) is 43.2 Å². The molecule has 21 nitrogen and oxygen atoms in total. The highest BCUT2D eigenvalue weighted by Gasteiger charge is 2.24. The van der Waals surface area contributed by atoms with E-state index in [1.165, 1.54) is 0 Å². The van der Waals surface area contributed by atoms with Crippen molar-refractivity contribution in [2.45, 2.75) is 143 Å². The van der Waals surface area contributed by atoms with Crippen LogP contribution >= 0.6 is 0 Å². The normalized spacial score (nSPS) is 14.5. The summed E-state index contributed by atoms with van der Waals surface area (Å²) in [5.74, 6) is 0. The summed E-state index contributed by atoms with van der Waals surface area (Å²) in [5, 5.41) is 0. The van der Waals surface area contributed by atoms with Crippen molar-refractivity contribution in [1.29, 1.82) is 0 Å². The molecule has 0 spiro atoms. The molecule has 0 aliphatic rings. The number of hydrogen-bond donors (Lipinski definition) is 0. The SMILES string of the molecule is CCCOCCOCC(COCC(COCC(COCCOCCC)OCCOCCC)OC(COCC(COCCOCCC)OOCCC)COCC(COOCCC)OOCCC)OCCOCCC. The van der Waals surface area contributed by atoms with E-state index >= 15 is 0 Å². The van der Waals surface area contributed by atoms with E-state index in [0.29, 0.717) is 132 Å². The van der Waals surface area contributed by atoms with Crippen LogP contribution in [0, 0.1) is 0 Å². The van der Waals surface area contributed by atoms with Crippen LogP contribution in [0.4, 0.5) is 0 Å². The third-order valence-electron chi connectivity index (χ3n) is 9.35. The molecule has 0 aliphatic heterocycles. The van der Waals surface area contributed by atoms with E-state index in [1.807, 2.05) is 20.8 Å². The van der Waals surface area contributed by atoms with Crippen molar-refractivity contribution in [1.82, 2.24) is 0 Å². The summed E-state index contributed by atoms with van der Waals surface area (Å²) >= 11 is 0. The van der Waals surface area contributed by atoms with Gasteiger partial charge in [-0.15, -0.1) is 0 Å². The van der Waals surface area contributed by atoms with Crippen molar-refractivity contribution in [3.63, 3.8) is 0 Å². The number of ether oxygens (including phenoxy) is 15. The van der Waals surface area contributed by atoms with Gasteiger partial charge >= 0.3 is 0 Å². The lowest BCUT2D eigenvalue weighted by atomic mass is 10.3. The molecule has 0 bridgehead atoms. The Labute approximate surface area is 441 Å². The highest BCUT2D eigenvalue weighted by molar-refractivity contribution is 4.68. The summed E-state index contributed by atoms with van der Waals surface area (Å²) < 4.78 is 90.3. The highest BCUT2D eigenvalue weighted by atomic mass is 17.2. The first kappa shape index (κ1) is 72.2. The third-order valence-corrected chi connectivity index (χ3v) is 9.35. The zero-order chi connectivity index (χ0) is 53.2. The fourth-order valence-electron chi connectivity index (χ4n) is 5.84. The van der Waals surface area contributed by atoms with E-state index in [-0.39, 0.29) is 78.3 Å². The maximum Gasteiger partial charge on any atom is 0.143 e. The molecule has 0 fully saturated rings. The zero-order valence-electron chi connectivity index (χ0n) is 46.9. The Kier molecular flexibility index (Phi) is 59.7. The van der Waals surface area contributed by atoms with Crippen molar-refractivity contribution in [2.75, 3.05) is 198 Å². The Balaban J connectivity index is 6.43. The van der Waals surface area contributed by atoms with Gasteiger partial charge in [-0.25, -0.2) is 29.3 Å². The molecule has 0 saturated heterocycles. The molecular formula is C52H106O21. The predicted octanol–water partition coefficient (Wildman–Crippen LogP) is 6.57. The molecule has 0 heterocycles. The minimum absolute atomic E-state index is 0.0865. The lowest BCUT2D eigenvalue weighted by Gasteiger charge is -2.27. The van der Waals surface area contributed by atoms with Crippen molar-refractivity contribution in [3.8, 4) is 0 Å². The Bertz CT molecular complexity index is 988. The molecule has 21 heteroatoms. The fraction of sp³-hybridized carbons (Fsp3) is 1.00. The molecule has 0 aromatic carbocycles. The molecular weight excluding hydrogens is 961 g/mol. The molecule has 73 heavy (non-hydrogen) atoms. The zero-order valence-corrected chi connectivity index (χ0v) is 46.9. The van der Waals surface area contributed by atoms with Crippen LogP contribution in [0.3, 0.4) is 0 Å². The minimum atomic E-state index is -0.629.